The molecule has 2 aliphatic rings. The van der Waals surface area contributed by atoms with E-state index in [1.165, 1.54) is 5.56 Å². The molecule has 2 bridgehead atoms. The summed E-state index contributed by atoms with van der Waals surface area (Å²) in [5, 5.41) is 9.25. The van der Waals surface area contributed by atoms with E-state index in [0.717, 1.165) is 38.0 Å². The molecule has 0 aromatic heterocycles. The molecule has 1 N–H and O–H groups in total. The lowest BCUT2D eigenvalue weighted by Crippen LogP contribution is -2.34. The summed E-state index contributed by atoms with van der Waals surface area (Å²) in [6.45, 7) is 3.70. The van der Waals surface area contributed by atoms with Crippen LogP contribution in [0.3, 0.4) is 0 Å². The summed E-state index contributed by atoms with van der Waals surface area (Å²) in [6, 6.07) is 8.82. The quantitative estimate of drug-likeness (QED) is 0.818. The summed E-state index contributed by atoms with van der Waals surface area (Å²) in [4.78, 5) is 13.6. The summed E-state index contributed by atoms with van der Waals surface area (Å²) >= 11 is 0. The molecule has 0 saturated carbocycles. The van der Waals surface area contributed by atoms with Crippen LogP contribution in [-0.4, -0.2) is 41.2 Å². The summed E-state index contributed by atoms with van der Waals surface area (Å²) in [5.41, 5.74) is 1.20. The van der Waals surface area contributed by atoms with Gasteiger partial charge in [0.05, 0.1) is 12.5 Å². The van der Waals surface area contributed by atoms with E-state index in [9.17, 15) is 9.90 Å². The van der Waals surface area contributed by atoms with Crippen molar-refractivity contribution in [1.29, 1.82) is 0 Å². The summed E-state index contributed by atoms with van der Waals surface area (Å²) in [5.74, 6) is 0.146. The number of benzene rings is 1. The van der Waals surface area contributed by atoms with Gasteiger partial charge in [-0.15, -0.1) is 0 Å². The number of carbonyl (C=O) groups is 1. The van der Waals surface area contributed by atoms with Crippen LogP contribution in [0.2, 0.25) is 0 Å². The Labute approximate surface area is 125 Å². The zero-order chi connectivity index (χ0) is 14.8. The van der Waals surface area contributed by atoms with Gasteiger partial charge < -0.3 is 9.84 Å². The molecule has 1 aromatic carbocycles. The second kappa shape index (κ2) is 6.06. The molecule has 3 unspecified atom stereocenters. The second-order valence-corrected chi connectivity index (χ2v) is 6.24. The molecule has 2 aliphatic heterocycles. The lowest BCUT2D eigenvalue weighted by Gasteiger charge is -2.22. The Balaban J connectivity index is 1.45. The molecular weight excluding hydrogens is 266 g/mol. The topological polar surface area (TPSA) is 49.8 Å². The number of fused-ring (bicyclic) bond motifs is 2. The molecule has 0 amide bonds. The molecule has 3 rings (SSSR count). The summed E-state index contributed by atoms with van der Waals surface area (Å²) < 4.78 is 5.77. The number of aliphatic carboxylic acids is 1. The van der Waals surface area contributed by atoms with Gasteiger partial charge in [-0.05, 0) is 50.3 Å². The lowest BCUT2D eigenvalue weighted by molar-refractivity contribution is -0.142. The van der Waals surface area contributed by atoms with Gasteiger partial charge in [-0.25, -0.2) is 0 Å². The maximum atomic E-state index is 11.2. The fraction of sp³-hybridized carbons (Fsp3) is 0.588. The van der Waals surface area contributed by atoms with E-state index >= 15 is 0 Å². The van der Waals surface area contributed by atoms with E-state index < -0.39 is 5.97 Å². The number of carboxylic acids is 1. The van der Waals surface area contributed by atoms with Gasteiger partial charge in [0, 0.05) is 18.6 Å². The molecule has 4 nitrogen and oxygen atoms in total. The Hall–Kier alpha value is -1.55. The zero-order valence-electron chi connectivity index (χ0n) is 12.5. The van der Waals surface area contributed by atoms with Gasteiger partial charge in [0.15, 0.2) is 0 Å². The van der Waals surface area contributed by atoms with Gasteiger partial charge in [0.1, 0.15) is 5.75 Å². The van der Waals surface area contributed by atoms with Gasteiger partial charge in [-0.3, -0.25) is 9.69 Å². The number of rotatable bonds is 6. The molecule has 2 saturated heterocycles. The molecule has 0 radical (unpaired) electrons. The monoisotopic (exact) mass is 289 g/mol. The van der Waals surface area contributed by atoms with Crippen LogP contribution in [0.4, 0.5) is 0 Å². The fourth-order valence-electron chi connectivity index (χ4n) is 3.86. The van der Waals surface area contributed by atoms with Gasteiger partial charge in [0.25, 0.3) is 0 Å². The van der Waals surface area contributed by atoms with Gasteiger partial charge in [0.2, 0.25) is 0 Å². The summed E-state index contributed by atoms with van der Waals surface area (Å²) in [7, 11) is 0. The third kappa shape index (κ3) is 3.05. The number of aryl methyl sites for hydroxylation is 1. The van der Waals surface area contributed by atoms with Crippen LogP contribution >= 0.6 is 0 Å². The Bertz CT molecular complexity index is 517. The highest BCUT2D eigenvalue weighted by Crippen LogP contribution is 2.41. The molecule has 114 valence electrons. The molecule has 21 heavy (non-hydrogen) atoms. The van der Waals surface area contributed by atoms with Crippen molar-refractivity contribution >= 4 is 5.97 Å². The first-order valence-corrected chi connectivity index (χ1v) is 7.83. The van der Waals surface area contributed by atoms with Gasteiger partial charge in [-0.1, -0.05) is 12.1 Å². The maximum absolute atomic E-state index is 11.2. The SMILES string of the molecule is Cc1cccc(OCCCN2C3CCC2C(C(=O)O)C3)c1. The van der Waals surface area contributed by atoms with Gasteiger partial charge in [-0.2, -0.15) is 0 Å². The fourth-order valence-corrected chi connectivity index (χ4v) is 3.86. The van der Waals surface area contributed by atoms with Crippen molar-refractivity contribution in [1.82, 2.24) is 4.90 Å². The lowest BCUT2D eigenvalue weighted by atomic mass is 9.89. The molecule has 0 spiro atoms. The van der Waals surface area contributed by atoms with Crippen molar-refractivity contribution in [2.24, 2.45) is 5.92 Å². The molecular formula is C17H23NO3. The number of carboxylic acid groups (broad SMARTS) is 1. The number of ether oxygens (including phenoxy) is 1. The van der Waals surface area contributed by atoms with Crippen molar-refractivity contribution < 1.29 is 14.6 Å². The van der Waals surface area contributed by atoms with Crippen LogP contribution in [-0.2, 0) is 4.79 Å². The highest BCUT2D eigenvalue weighted by Gasteiger charge is 2.48. The van der Waals surface area contributed by atoms with Crippen LogP contribution in [0.1, 0.15) is 31.2 Å². The Kier molecular flexibility index (Phi) is 4.15. The van der Waals surface area contributed by atoms with E-state index in [1.54, 1.807) is 0 Å². The third-order valence-electron chi connectivity index (χ3n) is 4.82. The van der Waals surface area contributed by atoms with Crippen LogP contribution in [0.25, 0.3) is 0 Å². The maximum Gasteiger partial charge on any atom is 0.308 e. The van der Waals surface area contributed by atoms with Crippen LogP contribution in [0, 0.1) is 12.8 Å². The van der Waals surface area contributed by atoms with E-state index in [0.29, 0.717) is 12.6 Å². The second-order valence-electron chi connectivity index (χ2n) is 6.24. The molecule has 1 aromatic rings. The van der Waals surface area contributed by atoms with Crippen LogP contribution in [0.15, 0.2) is 24.3 Å². The predicted molar refractivity (Wildman–Crippen MR) is 80.5 cm³/mol. The van der Waals surface area contributed by atoms with Crippen molar-refractivity contribution in [3.05, 3.63) is 29.8 Å². The average Bonchev–Trinajstić information content (AvgIpc) is 3.01. The molecule has 0 aliphatic carbocycles. The highest BCUT2D eigenvalue weighted by molar-refractivity contribution is 5.71. The van der Waals surface area contributed by atoms with Gasteiger partial charge >= 0.3 is 5.97 Å². The first kappa shape index (κ1) is 14.4. The van der Waals surface area contributed by atoms with E-state index in [2.05, 4.69) is 17.9 Å². The standard InChI is InChI=1S/C17H23NO3/c1-12-4-2-5-14(10-12)21-9-3-8-18-13-6-7-16(18)15(11-13)17(19)20/h2,4-5,10,13,15-16H,3,6-9,11H2,1H3,(H,19,20). The average molecular weight is 289 g/mol. The Morgan fingerprint density at radius 1 is 1.43 bits per heavy atom. The number of hydrogen-bond acceptors (Lipinski definition) is 3. The van der Waals surface area contributed by atoms with Crippen LogP contribution in [0.5, 0.6) is 5.75 Å². The number of nitrogens with zero attached hydrogens (tertiary/aromatic N) is 1. The molecule has 3 atom stereocenters. The smallest absolute Gasteiger partial charge is 0.308 e. The normalized spacial score (nSPS) is 28.0. The van der Waals surface area contributed by atoms with Crippen molar-refractivity contribution in [3.8, 4) is 5.75 Å². The largest absolute Gasteiger partial charge is 0.494 e. The first-order valence-electron chi connectivity index (χ1n) is 7.83. The van der Waals surface area contributed by atoms with Crippen molar-refractivity contribution in [2.45, 2.75) is 44.7 Å². The Morgan fingerprint density at radius 3 is 3.00 bits per heavy atom. The Morgan fingerprint density at radius 2 is 2.29 bits per heavy atom. The van der Waals surface area contributed by atoms with Crippen molar-refractivity contribution in [2.75, 3.05) is 13.2 Å². The third-order valence-corrected chi connectivity index (χ3v) is 4.82. The summed E-state index contributed by atoms with van der Waals surface area (Å²) in [6.07, 6.45) is 3.99. The van der Waals surface area contributed by atoms with E-state index in [1.807, 2.05) is 18.2 Å². The first-order chi connectivity index (χ1) is 10.1. The predicted octanol–water partition coefficient (Wildman–Crippen LogP) is 2.70. The zero-order valence-corrected chi connectivity index (χ0v) is 12.5. The molecule has 4 heteroatoms. The minimum atomic E-state index is -0.622. The minimum Gasteiger partial charge on any atom is -0.494 e. The highest BCUT2D eigenvalue weighted by atomic mass is 16.5. The number of hydrogen-bond donors (Lipinski definition) is 1. The van der Waals surface area contributed by atoms with E-state index in [4.69, 9.17) is 4.74 Å². The van der Waals surface area contributed by atoms with Crippen molar-refractivity contribution in [3.63, 3.8) is 0 Å². The molecule has 2 fully saturated rings. The molecule has 2 heterocycles. The van der Waals surface area contributed by atoms with Crippen LogP contribution < -0.4 is 4.74 Å². The van der Waals surface area contributed by atoms with E-state index in [-0.39, 0.29) is 12.0 Å². The minimum absolute atomic E-state index is 0.151.